The molecule has 2 aliphatic rings. The summed E-state index contributed by atoms with van der Waals surface area (Å²) in [4.78, 5) is 26.3. The molecule has 0 aliphatic carbocycles. The lowest BCUT2D eigenvalue weighted by atomic mass is 9.88. The number of rotatable bonds is 8. The van der Waals surface area contributed by atoms with Crippen molar-refractivity contribution >= 4 is 29.7 Å². The number of methoxy groups -OCH3 is 1. The maximum absolute atomic E-state index is 12.2. The lowest BCUT2D eigenvalue weighted by Crippen LogP contribution is -2.37. The number of fused-ring (bicyclic) bond motifs is 1. The number of hydrogen-bond acceptors (Lipinski definition) is 9. The molecule has 0 fully saturated rings. The van der Waals surface area contributed by atoms with Crippen molar-refractivity contribution < 1.29 is 19.4 Å². The van der Waals surface area contributed by atoms with E-state index in [-0.39, 0.29) is 43.2 Å². The summed E-state index contributed by atoms with van der Waals surface area (Å²) in [6, 6.07) is 5.01. The van der Waals surface area contributed by atoms with E-state index in [9.17, 15) is 4.79 Å². The Labute approximate surface area is 204 Å². The second kappa shape index (κ2) is 10.7. The fraction of sp³-hybridized carbons (Fsp3) is 0.458. The second-order valence-corrected chi connectivity index (χ2v) is 8.47. The molecule has 1 amide bonds. The minimum Gasteiger partial charge on any atom is -0.495 e. The highest BCUT2D eigenvalue weighted by Crippen LogP contribution is 2.37. The van der Waals surface area contributed by atoms with E-state index in [4.69, 9.17) is 24.6 Å². The molecule has 186 valence electrons. The molecule has 3 heterocycles. The molecular formula is C24H31N7O4. The van der Waals surface area contributed by atoms with Crippen molar-refractivity contribution in [1.29, 1.82) is 0 Å². The van der Waals surface area contributed by atoms with E-state index in [1.165, 1.54) is 7.11 Å². The van der Waals surface area contributed by atoms with Gasteiger partial charge in [0.05, 0.1) is 37.6 Å². The first-order valence-corrected chi connectivity index (χ1v) is 11.6. The van der Waals surface area contributed by atoms with Crippen molar-refractivity contribution in [2.75, 3.05) is 25.6 Å². The molecule has 2 aliphatic heterocycles. The number of anilines is 1. The van der Waals surface area contributed by atoms with Gasteiger partial charge in [0, 0.05) is 37.5 Å². The Bertz CT molecular complexity index is 1160. The summed E-state index contributed by atoms with van der Waals surface area (Å²) < 4.78 is 13.5. The maximum atomic E-state index is 12.2. The van der Waals surface area contributed by atoms with Gasteiger partial charge in [0.15, 0.2) is 12.1 Å². The van der Waals surface area contributed by atoms with Crippen molar-refractivity contribution in [3.05, 3.63) is 41.7 Å². The first-order chi connectivity index (χ1) is 16.9. The van der Waals surface area contributed by atoms with Gasteiger partial charge in [-0.3, -0.25) is 14.5 Å². The molecule has 2 aromatic rings. The van der Waals surface area contributed by atoms with Crippen LogP contribution in [0.5, 0.6) is 5.75 Å². The molecule has 1 aromatic heterocycles. The molecule has 0 saturated carbocycles. The van der Waals surface area contributed by atoms with Crippen LogP contribution in [0.25, 0.3) is 0 Å². The zero-order valence-corrected chi connectivity index (χ0v) is 20.3. The van der Waals surface area contributed by atoms with E-state index in [1.807, 2.05) is 32.6 Å². The van der Waals surface area contributed by atoms with Crippen molar-refractivity contribution in [1.82, 2.24) is 15.1 Å². The molecule has 0 spiro atoms. The quantitative estimate of drug-likeness (QED) is 0.528. The third kappa shape index (κ3) is 5.35. The van der Waals surface area contributed by atoms with Crippen molar-refractivity contribution in [2.24, 2.45) is 27.9 Å². The highest BCUT2D eigenvalue weighted by Gasteiger charge is 2.43. The molecule has 35 heavy (non-hydrogen) atoms. The van der Waals surface area contributed by atoms with Crippen LogP contribution in [0.4, 0.5) is 5.69 Å². The lowest BCUT2D eigenvalue weighted by Gasteiger charge is -2.28. The van der Waals surface area contributed by atoms with Gasteiger partial charge >= 0.3 is 0 Å². The fourth-order valence-corrected chi connectivity index (χ4v) is 3.97. The van der Waals surface area contributed by atoms with Gasteiger partial charge < -0.3 is 25.2 Å². The summed E-state index contributed by atoms with van der Waals surface area (Å²) in [6.45, 7) is 4.11. The Morgan fingerprint density at radius 1 is 1.34 bits per heavy atom. The van der Waals surface area contributed by atoms with Crippen LogP contribution >= 0.6 is 0 Å². The van der Waals surface area contributed by atoms with E-state index in [0.717, 1.165) is 12.0 Å². The summed E-state index contributed by atoms with van der Waals surface area (Å²) in [5.74, 6) is 0.891. The molecule has 11 heteroatoms. The third-order valence-electron chi connectivity index (χ3n) is 5.98. The maximum Gasteiger partial charge on any atom is 0.251 e. The zero-order valence-electron chi connectivity index (χ0n) is 20.3. The average Bonchev–Trinajstić information content (AvgIpc) is 3.48. The molecule has 4 rings (SSSR count). The van der Waals surface area contributed by atoms with Crippen LogP contribution in [0.15, 0.2) is 45.6 Å². The summed E-state index contributed by atoms with van der Waals surface area (Å²) in [5.41, 5.74) is 2.05. The minimum absolute atomic E-state index is 0.0184. The average molecular weight is 482 g/mol. The Morgan fingerprint density at radius 2 is 2.17 bits per heavy atom. The van der Waals surface area contributed by atoms with Gasteiger partial charge in [0.25, 0.3) is 5.91 Å². The monoisotopic (exact) mass is 481 g/mol. The van der Waals surface area contributed by atoms with Crippen LogP contribution in [-0.2, 0) is 11.8 Å². The van der Waals surface area contributed by atoms with Gasteiger partial charge in [-0.15, -0.1) is 0 Å². The predicted molar refractivity (Wildman–Crippen MR) is 133 cm³/mol. The topological polar surface area (TPSA) is 135 Å². The molecule has 1 aromatic carbocycles. The molecule has 0 bridgehead atoms. The van der Waals surface area contributed by atoms with Gasteiger partial charge in [-0.05, 0) is 37.1 Å². The number of carbonyl (C=O) groups excluding carboxylic acids is 1. The highest BCUT2D eigenvalue weighted by atomic mass is 16.5. The number of guanidine groups is 1. The SMILES string of the molecule is CC[C@H](C)OC1=NC(Nc2ccc(C(=O)NCCO)cc2OC)=NC2N=CC(c3cnn(C)c3)C12. The van der Waals surface area contributed by atoms with Crippen molar-refractivity contribution in [3.63, 3.8) is 0 Å². The van der Waals surface area contributed by atoms with E-state index in [0.29, 0.717) is 28.9 Å². The standard InChI is InChI=1S/C24H31N7O4/c1-5-14(2)35-23-20-17(16-11-27-31(3)13-16)12-26-21(20)29-24(30-23)28-18-7-6-15(10-19(18)34-4)22(33)25-8-9-32/h6-7,10-14,17,20-21,32H,5,8-9H2,1-4H3,(H,25,33)(H,28,29)/t14-,17?,20?,21?/m0/s1. The fourth-order valence-electron chi connectivity index (χ4n) is 3.97. The van der Waals surface area contributed by atoms with E-state index in [2.05, 4.69) is 27.6 Å². The molecular weight excluding hydrogens is 450 g/mol. The molecule has 4 atom stereocenters. The summed E-state index contributed by atoms with van der Waals surface area (Å²) >= 11 is 0. The zero-order chi connectivity index (χ0) is 24.9. The molecule has 0 radical (unpaired) electrons. The molecule has 11 nitrogen and oxygen atoms in total. The number of aliphatic hydroxyl groups is 1. The highest BCUT2D eigenvalue weighted by molar-refractivity contribution is 6.06. The van der Waals surface area contributed by atoms with Crippen LogP contribution in [0.2, 0.25) is 0 Å². The number of amides is 1. The van der Waals surface area contributed by atoms with E-state index >= 15 is 0 Å². The van der Waals surface area contributed by atoms with Gasteiger partial charge in [0.2, 0.25) is 5.96 Å². The number of benzene rings is 1. The first kappa shape index (κ1) is 24.4. The lowest BCUT2D eigenvalue weighted by molar-refractivity contribution is 0.0944. The van der Waals surface area contributed by atoms with Gasteiger partial charge in [-0.1, -0.05) is 6.92 Å². The van der Waals surface area contributed by atoms with Crippen LogP contribution < -0.4 is 15.4 Å². The Morgan fingerprint density at radius 3 is 2.86 bits per heavy atom. The number of aryl methyl sites for hydroxylation is 1. The molecule has 3 N–H and O–H groups in total. The number of nitrogens with zero attached hydrogens (tertiary/aromatic N) is 5. The number of carbonyl (C=O) groups is 1. The Balaban J connectivity index is 1.60. The number of nitrogens with one attached hydrogen (secondary N) is 2. The normalized spacial score (nSPS) is 21.6. The van der Waals surface area contributed by atoms with Crippen LogP contribution in [0.1, 0.15) is 42.1 Å². The van der Waals surface area contributed by atoms with E-state index < -0.39 is 0 Å². The largest absolute Gasteiger partial charge is 0.495 e. The number of ether oxygens (including phenoxy) is 2. The van der Waals surface area contributed by atoms with Gasteiger partial charge in [0.1, 0.15) is 5.75 Å². The van der Waals surface area contributed by atoms with Crippen molar-refractivity contribution in [3.8, 4) is 5.75 Å². The summed E-state index contributed by atoms with van der Waals surface area (Å²) in [6.07, 6.45) is 6.14. The first-order valence-electron chi connectivity index (χ1n) is 11.6. The smallest absolute Gasteiger partial charge is 0.251 e. The molecule has 3 unspecified atom stereocenters. The number of aliphatic hydroxyl groups excluding tert-OH is 1. The number of hydrogen-bond donors (Lipinski definition) is 3. The summed E-state index contributed by atoms with van der Waals surface area (Å²) in [5, 5.41) is 19.1. The van der Waals surface area contributed by atoms with Gasteiger partial charge in [-0.2, -0.15) is 10.1 Å². The molecule has 0 saturated heterocycles. The van der Waals surface area contributed by atoms with Gasteiger partial charge in [-0.25, -0.2) is 4.99 Å². The van der Waals surface area contributed by atoms with Crippen LogP contribution in [0.3, 0.4) is 0 Å². The third-order valence-corrected chi connectivity index (χ3v) is 5.98. The van der Waals surface area contributed by atoms with Crippen LogP contribution in [0, 0.1) is 5.92 Å². The minimum atomic E-state index is -0.381. The number of aromatic nitrogens is 2. The van der Waals surface area contributed by atoms with Crippen LogP contribution in [-0.4, -0.2) is 71.4 Å². The summed E-state index contributed by atoms with van der Waals surface area (Å²) in [7, 11) is 3.41. The van der Waals surface area contributed by atoms with E-state index in [1.54, 1.807) is 22.9 Å². The second-order valence-electron chi connectivity index (χ2n) is 8.47. The van der Waals surface area contributed by atoms with Crippen molar-refractivity contribution in [2.45, 2.75) is 38.5 Å². The Hall–Kier alpha value is -3.73. The Kier molecular flexibility index (Phi) is 7.45. The predicted octanol–water partition coefficient (Wildman–Crippen LogP) is 1.96. The number of aliphatic imine (C=N–C) groups is 3.